The summed E-state index contributed by atoms with van der Waals surface area (Å²) in [5.41, 5.74) is 4.36. The van der Waals surface area contributed by atoms with Crippen LogP contribution < -0.4 is 11.1 Å². The Bertz CT molecular complexity index is 355. The number of carboxylic acids is 1. The lowest BCUT2D eigenvalue weighted by Crippen LogP contribution is -2.48. The summed E-state index contributed by atoms with van der Waals surface area (Å²) >= 11 is 0. The summed E-state index contributed by atoms with van der Waals surface area (Å²) in [6, 6.07) is -0.398. The Morgan fingerprint density at radius 1 is 1.37 bits per heavy atom. The minimum absolute atomic E-state index is 0.110. The second-order valence-corrected chi connectivity index (χ2v) is 5.18. The molecule has 0 aliphatic heterocycles. The molecule has 4 N–H and O–H groups in total. The van der Waals surface area contributed by atoms with E-state index in [-0.39, 0.29) is 13.1 Å². The fraction of sp³-hybridized carbons (Fsp3) is 0.750. The lowest BCUT2D eigenvalue weighted by atomic mass is 9.93. The number of aliphatic carboxylic acids is 1. The normalized spacial score (nSPS) is 12.6. The van der Waals surface area contributed by atoms with Gasteiger partial charge in [-0.2, -0.15) is 0 Å². The third kappa shape index (κ3) is 5.58. The molecule has 0 aromatic carbocycles. The minimum atomic E-state index is -0.955. The molecule has 1 atom stereocenters. The van der Waals surface area contributed by atoms with Gasteiger partial charge < -0.3 is 21.1 Å². The third-order valence-electron chi connectivity index (χ3n) is 2.93. The van der Waals surface area contributed by atoms with Crippen LogP contribution in [0.3, 0.4) is 0 Å². The largest absolute Gasteiger partial charge is 0.481 e. The summed E-state index contributed by atoms with van der Waals surface area (Å²) in [5, 5.41) is 11.4. The van der Waals surface area contributed by atoms with Gasteiger partial charge in [-0.3, -0.25) is 9.59 Å². The fourth-order valence-electron chi connectivity index (χ4n) is 1.26. The summed E-state index contributed by atoms with van der Waals surface area (Å²) in [5.74, 6) is -2.10. The number of nitrogens with zero attached hydrogens (tertiary/aromatic N) is 1. The molecule has 7 nitrogen and oxygen atoms in total. The van der Waals surface area contributed by atoms with Crippen molar-refractivity contribution in [3.8, 4) is 0 Å². The van der Waals surface area contributed by atoms with Gasteiger partial charge in [0.15, 0.2) is 0 Å². The summed E-state index contributed by atoms with van der Waals surface area (Å²) in [4.78, 5) is 35.1. The van der Waals surface area contributed by atoms with Crippen molar-refractivity contribution in [1.82, 2.24) is 10.2 Å². The second-order valence-electron chi connectivity index (χ2n) is 5.18. The van der Waals surface area contributed by atoms with E-state index in [0.29, 0.717) is 6.54 Å². The molecule has 0 aromatic heterocycles. The molecule has 0 aliphatic rings. The molecule has 0 rings (SSSR count). The van der Waals surface area contributed by atoms with Gasteiger partial charge in [-0.1, -0.05) is 6.92 Å². The molecule has 110 valence electrons. The molecule has 0 saturated heterocycles. The SMILES string of the molecule is CCN(CC(C)C(=O)O)C(=O)NCC(C)(C)C(N)=O. The first-order chi connectivity index (χ1) is 8.61. The molecule has 0 aliphatic carbocycles. The maximum Gasteiger partial charge on any atom is 0.317 e. The van der Waals surface area contributed by atoms with Gasteiger partial charge in [0.1, 0.15) is 0 Å². The van der Waals surface area contributed by atoms with Crippen LogP contribution in [0.15, 0.2) is 0 Å². The van der Waals surface area contributed by atoms with Gasteiger partial charge in [0.25, 0.3) is 0 Å². The van der Waals surface area contributed by atoms with E-state index in [0.717, 1.165) is 0 Å². The maximum atomic E-state index is 11.9. The van der Waals surface area contributed by atoms with Crippen molar-refractivity contribution in [2.24, 2.45) is 17.1 Å². The monoisotopic (exact) mass is 273 g/mol. The number of hydrogen-bond donors (Lipinski definition) is 3. The Balaban J connectivity index is 4.45. The van der Waals surface area contributed by atoms with E-state index in [9.17, 15) is 14.4 Å². The van der Waals surface area contributed by atoms with Crippen molar-refractivity contribution in [2.75, 3.05) is 19.6 Å². The molecule has 0 fully saturated rings. The predicted octanol–water partition coefficient (Wildman–Crippen LogP) is 0.250. The first-order valence-corrected chi connectivity index (χ1v) is 6.17. The summed E-state index contributed by atoms with van der Waals surface area (Å²) in [6.07, 6.45) is 0. The highest BCUT2D eigenvalue weighted by Crippen LogP contribution is 2.12. The van der Waals surface area contributed by atoms with E-state index >= 15 is 0 Å². The van der Waals surface area contributed by atoms with E-state index in [4.69, 9.17) is 10.8 Å². The van der Waals surface area contributed by atoms with Crippen molar-refractivity contribution < 1.29 is 19.5 Å². The topological polar surface area (TPSA) is 113 Å². The highest BCUT2D eigenvalue weighted by Gasteiger charge is 2.27. The number of hydrogen-bond acceptors (Lipinski definition) is 3. The van der Waals surface area contributed by atoms with Crippen LogP contribution in [-0.4, -0.2) is 47.5 Å². The Kier molecular flexibility index (Phi) is 6.31. The van der Waals surface area contributed by atoms with E-state index in [1.165, 1.54) is 11.8 Å². The molecule has 0 aromatic rings. The minimum Gasteiger partial charge on any atom is -0.481 e. The van der Waals surface area contributed by atoms with Crippen LogP contribution in [0.5, 0.6) is 0 Å². The van der Waals surface area contributed by atoms with Crippen molar-refractivity contribution in [3.63, 3.8) is 0 Å². The smallest absolute Gasteiger partial charge is 0.317 e. The molecule has 1 unspecified atom stereocenters. The van der Waals surface area contributed by atoms with E-state index in [2.05, 4.69) is 5.32 Å². The zero-order valence-electron chi connectivity index (χ0n) is 11.9. The highest BCUT2D eigenvalue weighted by molar-refractivity contribution is 5.81. The first kappa shape index (κ1) is 17.2. The summed E-state index contributed by atoms with van der Waals surface area (Å²) in [7, 11) is 0. The number of carbonyl (C=O) groups excluding carboxylic acids is 2. The number of rotatable bonds is 7. The summed E-state index contributed by atoms with van der Waals surface area (Å²) in [6.45, 7) is 7.17. The van der Waals surface area contributed by atoms with Crippen molar-refractivity contribution >= 4 is 17.9 Å². The van der Waals surface area contributed by atoms with Crippen LogP contribution in [-0.2, 0) is 9.59 Å². The van der Waals surface area contributed by atoms with Crippen LogP contribution in [0, 0.1) is 11.3 Å². The van der Waals surface area contributed by atoms with Crippen LogP contribution in [0.4, 0.5) is 4.79 Å². The average molecular weight is 273 g/mol. The second kappa shape index (κ2) is 6.96. The molecule has 19 heavy (non-hydrogen) atoms. The number of nitrogens with two attached hydrogens (primary N) is 1. The zero-order chi connectivity index (χ0) is 15.2. The molecular weight excluding hydrogens is 250 g/mol. The Labute approximate surface area is 113 Å². The van der Waals surface area contributed by atoms with Gasteiger partial charge >= 0.3 is 12.0 Å². The first-order valence-electron chi connectivity index (χ1n) is 6.17. The predicted molar refractivity (Wildman–Crippen MR) is 70.4 cm³/mol. The standard InChI is InChI=1S/C12H23N3O4/c1-5-15(6-8(2)9(16)17)11(19)14-7-12(3,4)10(13)18/h8H,5-7H2,1-4H3,(H2,13,18)(H,14,19)(H,16,17). The molecule has 7 heteroatoms. The van der Waals surface area contributed by atoms with Crippen LogP contribution in [0.1, 0.15) is 27.7 Å². The van der Waals surface area contributed by atoms with Gasteiger partial charge in [0, 0.05) is 19.6 Å². The molecular formula is C12H23N3O4. The average Bonchev–Trinajstić information content (AvgIpc) is 2.32. The van der Waals surface area contributed by atoms with Crippen molar-refractivity contribution in [3.05, 3.63) is 0 Å². The highest BCUT2D eigenvalue weighted by atomic mass is 16.4. The van der Waals surface area contributed by atoms with E-state index in [1.54, 1.807) is 20.8 Å². The molecule has 0 heterocycles. The van der Waals surface area contributed by atoms with Gasteiger partial charge in [0.05, 0.1) is 11.3 Å². The number of carbonyl (C=O) groups is 3. The van der Waals surface area contributed by atoms with E-state index < -0.39 is 29.2 Å². The van der Waals surface area contributed by atoms with Crippen LogP contribution in [0.2, 0.25) is 0 Å². The Hall–Kier alpha value is -1.79. The third-order valence-corrected chi connectivity index (χ3v) is 2.93. The molecule has 0 bridgehead atoms. The zero-order valence-corrected chi connectivity index (χ0v) is 11.9. The van der Waals surface area contributed by atoms with Crippen molar-refractivity contribution in [2.45, 2.75) is 27.7 Å². The van der Waals surface area contributed by atoms with Gasteiger partial charge in [0.2, 0.25) is 5.91 Å². The van der Waals surface area contributed by atoms with Gasteiger partial charge in [-0.15, -0.1) is 0 Å². The number of amides is 3. The Morgan fingerprint density at radius 2 is 1.89 bits per heavy atom. The molecule has 0 radical (unpaired) electrons. The lowest BCUT2D eigenvalue weighted by molar-refractivity contribution is -0.141. The summed E-state index contributed by atoms with van der Waals surface area (Å²) < 4.78 is 0. The van der Waals surface area contributed by atoms with E-state index in [1.807, 2.05) is 0 Å². The van der Waals surface area contributed by atoms with Crippen LogP contribution >= 0.6 is 0 Å². The number of primary amides is 1. The molecule has 0 saturated carbocycles. The number of carboxylic acid groups (broad SMARTS) is 1. The Morgan fingerprint density at radius 3 is 2.26 bits per heavy atom. The maximum absolute atomic E-state index is 11.9. The van der Waals surface area contributed by atoms with Gasteiger partial charge in [-0.25, -0.2) is 4.79 Å². The number of urea groups is 1. The molecule has 0 spiro atoms. The molecule has 3 amide bonds. The number of nitrogens with one attached hydrogen (secondary N) is 1. The van der Waals surface area contributed by atoms with Crippen molar-refractivity contribution in [1.29, 1.82) is 0 Å². The fourth-order valence-corrected chi connectivity index (χ4v) is 1.26. The van der Waals surface area contributed by atoms with Gasteiger partial charge in [-0.05, 0) is 20.8 Å². The quantitative estimate of drug-likeness (QED) is 0.617. The lowest BCUT2D eigenvalue weighted by Gasteiger charge is -2.26. The van der Waals surface area contributed by atoms with Crippen LogP contribution in [0.25, 0.3) is 0 Å².